The molecule has 0 bridgehead atoms. The molecule has 10 N–H and O–H groups in total. The van der Waals surface area contributed by atoms with Gasteiger partial charge in [-0.15, -0.1) is 0 Å². The van der Waals surface area contributed by atoms with Crippen LogP contribution in [0.15, 0.2) is 97.1 Å². The summed E-state index contributed by atoms with van der Waals surface area (Å²) in [5, 5.41) is 112. The van der Waals surface area contributed by atoms with Gasteiger partial charge in [0.05, 0.1) is 0 Å². The summed E-state index contributed by atoms with van der Waals surface area (Å²) in [6.45, 7) is 0. The van der Waals surface area contributed by atoms with Crippen LogP contribution in [0.25, 0.3) is 21.5 Å². The number of aromatic hydroxyl groups is 10. The zero-order valence-corrected chi connectivity index (χ0v) is 36.8. The molecule has 0 spiro atoms. The van der Waals surface area contributed by atoms with Gasteiger partial charge in [-0.25, -0.2) is 0 Å². The molecule has 0 fully saturated rings. The van der Waals surface area contributed by atoms with Crippen molar-refractivity contribution in [2.75, 3.05) is 9.80 Å². The number of phenols is 10. The maximum absolute atomic E-state index is 11.5. The molecular weight excluding hydrogens is 862 g/mol. The summed E-state index contributed by atoms with van der Waals surface area (Å²) in [6.07, 6.45) is 0. The van der Waals surface area contributed by atoms with Crippen molar-refractivity contribution in [3.8, 4) is 57.5 Å². The molecule has 0 saturated carbocycles. The maximum atomic E-state index is 11.5. The fourth-order valence-corrected chi connectivity index (χ4v) is 12.2. The third-order valence-corrected chi connectivity index (χ3v) is 19.1. The van der Waals surface area contributed by atoms with Crippen LogP contribution in [0.5, 0.6) is 57.5 Å². The Labute approximate surface area is 339 Å². The Balaban J connectivity index is 1.67. The van der Waals surface area contributed by atoms with E-state index in [0.717, 1.165) is 8.79 Å². The predicted octanol–water partition coefficient (Wildman–Crippen LogP) is 9.08. The first kappa shape index (κ1) is 40.0. The molecule has 0 heterocycles. The molecule has 0 saturated heterocycles. The van der Waals surface area contributed by atoms with Gasteiger partial charge in [-0.1, -0.05) is 0 Å². The number of phenolic OH excluding ortho intramolecular Hbond substituents is 10. The molecule has 0 radical (unpaired) electrons. The molecule has 7 aromatic carbocycles. The van der Waals surface area contributed by atoms with E-state index in [0.29, 0.717) is 44.3 Å². The minimum atomic E-state index is -2.38. The van der Waals surface area contributed by atoms with Crippen molar-refractivity contribution in [3.63, 3.8) is 0 Å². The number of fused-ring (bicyclic) bond motifs is 2. The summed E-state index contributed by atoms with van der Waals surface area (Å²) in [4.78, 5) is 2.94. The topological polar surface area (TPSA) is 209 Å². The summed E-state index contributed by atoms with van der Waals surface area (Å²) in [5.41, 5.74) is 0.608. The Morgan fingerprint density at radius 2 is 0.517 bits per heavy atom. The first-order valence-electron chi connectivity index (χ1n) is 18.4. The normalized spacial score (nSPS) is 12.0. The summed E-state index contributed by atoms with van der Waals surface area (Å²) >= 11 is -4.76. The Morgan fingerprint density at radius 3 is 0.741 bits per heavy atom. The molecule has 0 aliphatic rings. The molecule has 0 unspecified atom stereocenters. The van der Waals surface area contributed by atoms with Gasteiger partial charge in [0, 0.05) is 0 Å². The van der Waals surface area contributed by atoms with E-state index in [9.17, 15) is 51.1 Å². The molecule has 12 nitrogen and oxygen atoms in total. The fourth-order valence-electron chi connectivity index (χ4n) is 7.29. The van der Waals surface area contributed by atoms with Crippen LogP contribution in [0.2, 0.25) is 34.5 Å². The third-order valence-electron chi connectivity index (χ3n) is 10.4. The number of hydrogen-bond acceptors (Lipinski definition) is 12. The zero-order chi connectivity index (χ0) is 42.2. The first-order valence-corrected chi connectivity index (χ1v) is 33.1. The van der Waals surface area contributed by atoms with Crippen molar-refractivity contribution in [3.05, 3.63) is 97.1 Å². The van der Waals surface area contributed by atoms with E-state index >= 15 is 0 Å². The van der Waals surface area contributed by atoms with E-state index in [1.165, 1.54) is 9.80 Å². The first-order chi connectivity index (χ1) is 27.2. The zero-order valence-electron chi connectivity index (χ0n) is 32.6. The van der Waals surface area contributed by atoms with E-state index in [1.807, 2.05) is 24.3 Å². The van der Waals surface area contributed by atoms with Crippen molar-refractivity contribution < 1.29 is 51.1 Å². The molecule has 0 amide bonds. The van der Waals surface area contributed by atoms with Crippen molar-refractivity contribution in [2.45, 2.75) is 34.5 Å². The summed E-state index contributed by atoms with van der Waals surface area (Å²) in [5.74, 6) is 3.24. The van der Waals surface area contributed by atoms with Crippen molar-refractivity contribution in [2.24, 2.45) is 0 Å². The summed E-state index contributed by atoms with van der Waals surface area (Å²) < 4.78 is 2.30. The Kier molecular flexibility index (Phi) is 9.84. The number of benzene rings is 7. The second kappa shape index (κ2) is 14.3. The van der Waals surface area contributed by atoms with Crippen LogP contribution in [0.1, 0.15) is 0 Å². The second-order valence-corrected chi connectivity index (χ2v) is 37.5. The SMILES string of the molecule is [CH3][Ge]([CH3])([CH3])[c]1ccc(N(c2c(O)c(O)c(O)c(O)c2O)c2c3ccccc3c(N(c3cc[c]([Ge]([CH3])([CH3])[CH3])cc3)c3c(O)c(O)c(O)c(O)c3O)c3ccccc23)cc1. The van der Waals surface area contributed by atoms with E-state index in [4.69, 9.17) is 0 Å². The van der Waals surface area contributed by atoms with Crippen molar-refractivity contribution >= 4 is 91.0 Å². The van der Waals surface area contributed by atoms with Gasteiger partial charge in [-0.3, -0.25) is 0 Å². The van der Waals surface area contributed by atoms with Crippen LogP contribution in [0, 0.1) is 0 Å². The molecular formula is C44H44Ge2N2O10. The van der Waals surface area contributed by atoms with Gasteiger partial charge in [-0.05, 0) is 0 Å². The van der Waals surface area contributed by atoms with Gasteiger partial charge in [0.1, 0.15) is 0 Å². The quantitative estimate of drug-likeness (QED) is 0.0228. The van der Waals surface area contributed by atoms with E-state index in [2.05, 4.69) is 34.5 Å². The Bertz CT molecular complexity index is 2460. The molecule has 58 heavy (non-hydrogen) atoms. The molecule has 298 valence electrons. The molecule has 0 aliphatic carbocycles. The molecule has 0 aromatic heterocycles. The monoisotopic (exact) mass is 908 g/mol. The van der Waals surface area contributed by atoms with Crippen LogP contribution < -0.4 is 18.6 Å². The second-order valence-electron chi connectivity index (χ2n) is 16.2. The number of nitrogens with zero attached hydrogens (tertiary/aromatic N) is 2. The van der Waals surface area contributed by atoms with E-state index in [-0.39, 0.29) is 0 Å². The van der Waals surface area contributed by atoms with Crippen LogP contribution >= 0.6 is 0 Å². The van der Waals surface area contributed by atoms with Gasteiger partial charge in [-0.2, -0.15) is 0 Å². The predicted molar refractivity (Wildman–Crippen MR) is 233 cm³/mol. The Morgan fingerprint density at radius 1 is 0.293 bits per heavy atom. The summed E-state index contributed by atoms with van der Waals surface area (Å²) in [7, 11) is 0. The van der Waals surface area contributed by atoms with Crippen LogP contribution in [0.4, 0.5) is 34.1 Å². The standard InChI is InChI=1S/C44H44Ge2N2O10/c1-45(2,3)23-15-19-25(20-16-23)47(33-35(49)39(53)43(57)40(54)36(33)50)31-27-11-7-9-13-29(27)32(30-14-10-8-12-28(30)31)48(26-21-17-24(18-22-26)46(4,5)6)34-37(51)41(55)44(58)42(56)38(34)52/h7-22,49-58H,1-6H3. The number of anilines is 6. The van der Waals surface area contributed by atoms with Crippen LogP contribution in [-0.4, -0.2) is 77.6 Å². The average Bonchev–Trinajstić information content (AvgIpc) is 3.20. The molecule has 0 aliphatic heterocycles. The van der Waals surface area contributed by atoms with Crippen molar-refractivity contribution in [1.29, 1.82) is 0 Å². The molecule has 7 aromatic rings. The van der Waals surface area contributed by atoms with E-state index < -0.39 is 95.4 Å². The van der Waals surface area contributed by atoms with Crippen LogP contribution in [-0.2, 0) is 0 Å². The van der Waals surface area contributed by atoms with Gasteiger partial charge in [0.25, 0.3) is 0 Å². The fraction of sp³-hybridized carbons (Fsp3) is 0.136. The van der Waals surface area contributed by atoms with Gasteiger partial charge in [0.2, 0.25) is 0 Å². The number of rotatable bonds is 8. The third kappa shape index (κ3) is 6.41. The number of hydrogen-bond donors (Lipinski definition) is 10. The molecule has 14 heteroatoms. The average molecular weight is 906 g/mol. The van der Waals surface area contributed by atoms with Gasteiger partial charge in [0.15, 0.2) is 0 Å². The summed E-state index contributed by atoms with van der Waals surface area (Å²) in [6, 6.07) is 29.1. The van der Waals surface area contributed by atoms with Crippen molar-refractivity contribution in [1.82, 2.24) is 0 Å². The van der Waals surface area contributed by atoms with Gasteiger partial charge >= 0.3 is 341 Å². The molecule has 7 rings (SSSR count). The van der Waals surface area contributed by atoms with E-state index in [1.54, 1.807) is 72.8 Å². The van der Waals surface area contributed by atoms with Gasteiger partial charge < -0.3 is 0 Å². The van der Waals surface area contributed by atoms with Crippen LogP contribution in [0.3, 0.4) is 0 Å². The molecule has 0 atom stereocenters. The Hall–Kier alpha value is -6.25. The minimum absolute atomic E-state index is 0.344.